The van der Waals surface area contributed by atoms with Crippen molar-refractivity contribution in [3.8, 4) is 0 Å². The molecule has 1 aromatic rings. The quantitative estimate of drug-likeness (QED) is 0.444. The summed E-state index contributed by atoms with van der Waals surface area (Å²) in [6, 6.07) is 4.19. The van der Waals surface area contributed by atoms with E-state index in [1.54, 1.807) is 0 Å². The maximum atomic E-state index is 13.0. The summed E-state index contributed by atoms with van der Waals surface area (Å²) in [6.07, 6.45) is 2.80. The van der Waals surface area contributed by atoms with E-state index in [9.17, 15) is 9.18 Å². The van der Waals surface area contributed by atoms with Crippen LogP contribution < -0.4 is 16.2 Å². The number of amides is 1. The molecule has 0 radical (unpaired) electrons. The van der Waals surface area contributed by atoms with Crippen molar-refractivity contribution in [2.24, 2.45) is 0 Å². The topological polar surface area (TPSA) is 53.2 Å². The summed E-state index contributed by atoms with van der Waals surface area (Å²) in [7, 11) is 0. The predicted octanol–water partition coefficient (Wildman–Crippen LogP) is 2.79. The molecule has 7 heteroatoms. The Morgan fingerprint density at radius 2 is 2.00 bits per heavy atom. The molecule has 0 saturated carbocycles. The van der Waals surface area contributed by atoms with E-state index in [1.807, 2.05) is 20.8 Å². The SMILES string of the molecule is CC(C)(C)NC(=S)NNC(=O)/C=C/c1ccc(F)c(Cl)c1. The third-order valence-electron chi connectivity index (χ3n) is 2.16. The number of hydrogen-bond donors (Lipinski definition) is 3. The van der Waals surface area contributed by atoms with Crippen molar-refractivity contribution >= 4 is 40.9 Å². The normalized spacial score (nSPS) is 11.3. The minimum absolute atomic E-state index is 0.00578. The Labute approximate surface area is 133 Å². The van der Waals surface area contributed by atoms with Crippen molar-refractivity contribution in [3.63, 3.8) is 0 Å². The Balaban J connectivity index is 2.48. The molecule has 114 valence electrons. The number of nitrogens with one attached hydrogen (secondary N) is 3. The number of hydrazine groups is 1. The second-order valence-corrected chi connectivity index (χ2v) is 6.14. The summed E-state index contributed by atoms with van der Waals surface area (Å²) in [6.45, 7) is 5.84. The molecule has 4 nitrogen and oxygen atoms in total. The van der Waals surface area contributed by atoms with Crippen molar-refractivity contribution < 1.29 is 9.18 Å². The molecule has 21 heavy (non-hydrogen) atoms. The molecule has 0 saturated heterocycles. The van der Waals surface area contributed by atoms with Crippen LogP contribution in [0.2, 0.25) is 5.02 Å². The molecular weight excluding hydrogens is 313 g/mol. The van der Waals surface area contributed by atoms with Crippen LogP contribution >= 0.6 is 23.8 Å². The van der Waals surface area contributed by atoms with Crippen molar-refractivity contribution in [1.29, 1.82) is 0 Å². The summed E-state index contributed by atoms with van der Waals surface area (Å²) in [4.78, 5) is 11.6. The van der Waals surface area contributed by atoms with Gasteiger partial charge in [0, 0.05) is 11.6 Å². The zero-order valence-electron chi connectivity index (χ0n) is 12.0. The number of thiocarbonyl (C=S) groups is 1. The summed E-state index contributed by atoms with van der Waals surface area (Å²) in [5, 5.41) is 3.30. The van der Waals surface area contributed by atoms with Gasteiger partial charge in [-0.2, -0.15) is 0 Å². The van der Waals surface area contributed by atoms with Crippen LogP contribution in [0.5, 0.6) is 0 Å². The smallest absolute Gasteiger partial charge is 0.262 e. The monoisotopic (exact) mass is 329 g/mol. The van der Waals surface area contributed by atoms with Crippen LogP contribution in [0.3, 0.4) is 0 Å². The van der Waals surface area contributed by atoms with E-state index in [4.69, 9.17) is 23.8 Å². The molecule has 0 spiro atoms. The van der Waals surface area contributed by atoms with Gasteiger partial charge in [0.2, 0.25) is 0 Å². The maximum absolute atomic E-state index is 13.0. The highest BCUT2D eigenvalue weighted by Crippen LogP contribution is 2.16. The number of rotatable bonds is 2. The number of carbonyl (C=O) groups excluding carboxylic acids is 1. The average Bonchev–Trinajstić information content (AvgIpc) is 2.36. The van der Waals surface area contributed by atoms with Gasteiger partial charge in [0.15, 0.2) is 5.11 Å². The third kappa shape index (κ3) is 7.06. The van der Waals surface area contributed by atoms with Crippen LogP contribution in [-0.2, 0) is 4.79 Å². The lowest BCUT2D eigenvalue weighted by atomic mass is 10.1. The molecule has 0 aromatic heterocycles. The van der Waals surface area contributed by atoms with E-state index in [-0.39, 0.29) is 10.6 Å². The molecule has 0 aliphatic rings. The molecule has 0 aliphatic carbocycles. The Hall–Kier alpha value is -1.66. The standard InChI is InChI=1S/C14H17ClFN3OS/c1-14(2,3)17-13(21)19-18-12(20)7-5-9-4-6-11(16)10(15)8-9/h4-8H,1-3H3,(H,18,20)(H2,17,19,21)/b7-5+. The summed E-state index contributed by atoms with van der Waals surface area (Å²) < 4.78 is 13.0. The van der Waals surface area contributed by atoms with E-state index < -0.39 is 11.7 Å². The molecule has 0 atom stereocenters. The zero-order valence-corrected chi connectivity index (χ0v) is 13.5. The van der Waals surface area contributed by atoms with Crippen molar-refractivity contribution in [2.45, 2.75) is 26.3 Å². The summed E-state index contributed by atoms with van der Waals surface area (Å²) >= 11 is 10.7. The highest BCUT2D eigenvalue weighted by Gasteiger charge is 2.10. The number of benzene rings is 1. The van der Waals surface area contributed by atoms with Gasteiger partial charge < -0.3 is 5.32 Å². The Morgan fingerprint density at radius 1 is 1.33 bits per heavy atom. The first-order valence-corrected chi connectivity index (χ1v) is 6.97. The highest BCUT2D eigenvalue weighted by molar-refractivity contribution is 7.80. The first kappa shape index (κ1) is 17.4. The maximum Gasteiger partial charge on any atom is 0.262 e. The van der Waals surface area contributed by atoms with Crippen molar-refractivity contribution in [1.82, 2.24) is 16.2 Å². The second-order valence-electron chi connectivity index (χ2n) is 5.33. The molecule has 0 bridgehead atoms. The van der Waals surface area contributed by atoms with Gasteiger partial charge in [-0.1, -0.05) is 17.7 Å². The van der Waals surface area contributed by atoms with Gasteiger partial charge in [-0.3, -0.25) is 15.6 Å². The van der Waals surface area contributed by atoms with E-state index >= 15 is 0 Å². The molecule has 1 amide bonds. The second kappa shape index (κ2) is 7.38. The molecule has 1 aromatic carbocycles. The van der Waals surface area contributed by atoms with Gasteiger partial charge in [0.05, 0.1) is 5.02 Å². The zero-order chi connectivity index (χ0) is 16.0. The average molecular weight is 330 g/mol. The van der Waals surface area contributed by atoms with Gasteiger partial charge in [0.1, 0.15) is 5.82 Å². The molecule has 0 heterocycles. The lowest BCUT2D eigenvalue weighted by molar-refractivity contribution is -0.117. The lowest BCUT2D eigenvalue weighted by Gasteiger charge is -2.22. The van der Waals surface area contributed by atoms with Crippen LogP contribution in [0.1, 0.15) is 26.3 Å². The van der Waals surface area contributed by atoms with Gasteiger partial charge in [-0.05, 0) is 56.8 Å². The van der Waals surface area contributed by atoms with Crippen LogP contribution in [0, 0.1) is 5.82 Å². The van der Waals surface area contributed by atoms with Crippen LogP contribution in [0.25, 0.3) is 6.08 Å². The fourth-order valence-electron chi connectivity index (χ4n) is 1.32. The molecule has 0 unspecified atom stereocenters. The predicted molar refractivity (Wildman–Crippen MR) is 87.2 cm³/mol. The Morgan fingerprint density at radius 3 is 2.57 bits per heavy atom. The number of carbonyl (C=O) groups is 1. The first-order valence-electron chi connectivity index (χ1n) is 6.18. The van der Waals surface area contributed by atoms with Gasteiger partial charge >= 0.3 is 0 Å². The van der Waals surface area contributed by atoms with Gasteiger partial charge in [-0.25, -0.2) is 4.39 Å². The molecule has 0 aliphatic heterocycles. The largest absolute Gasteiger partial charge is 0.357 e. The minimum Gasteiger partial charge on any atom is -0.357 e. The van der Waals surface area contributed by atoms with E-state index in [2.05, 4.69) is 16.2 Å². The molecular formula is C14H17ClFN3OS. The van der Waals surface area contributed by atoms with E-state index in [0.29, 0.717) is 10.7 Å². The Bertz CT molecular complexity index is 570. The van der Waals surface area contributed by atoms with Crippen LogP contribution in [0.15, 0.2) is 24.3 Å². The van der Waals surface area contributed by atoms with Crippen molar-refractivity contribution in [2.75, 3.05) is 0 Å². The van der Waals surface area contributed by atoms with Gasteiger partial charge in [0.25, 0.3) is 5.91 Å². The number of halogens is 2. The Kier molecular flexibility index (Phi) is 6.11. The lowest BCUT2D eigenvalue weighted by Crippen LogP contribution is -2.51. The van der Waals surface area contributed by atoms with Crippen LogP contribution in [0.4, 0.5) is 4.39 Å². The van der Waals surface area contributed by atoms with Crippen molar-refractivity contribution in [3.05, 3.63) is 40.7 Å². The summed E-state index contributed by atoms with van der Waals surface area (Å²) in [5.41, 5.74) is 5.41. The fourth-order valence-corrected chi connectivity index (χ4v) is 1.87. The minimum atomic E-state index is -0.501. The highest BCUT2D eigenvalue weighted by atomic mass is 35.5. The third-order valence-corrected chi connectivity index (χ3v) is 2.65. The summed E-state index contributed by atoms with van der Waals surface area (Å²) in [5.74, 6) is -0.896. The van der Waals surface area contributed by atoms with E-state index in [0.717, 1.165) is 0 Å². The number of hydrogen-bond acceptors (Lipinski definition) is 2. The first-order chi connectivity index (χ1) is 9.67. The molecule has 0 fully saturated rings. The van der Waals surface area contributed by atoms with E-state index in [1.165, 1.54) is 30.4 Å². The van der Waals surface area contributed by atoms with Crippen LogP contribution in [-0.4, -0.2) is 16.6 Å². The fraction of sp³-hybridized carbons (Fsp3) is 0.286. The molecule has 1 rings (SSSR count). The van der Waals surface area contributed by atoms with Gasteiger partial charge in [-0.15, -0.1) is 0 Å². The molecule has 3 N–H and O–H groups in total.